The summed E-state index contributed by atoms with van der Waals surface area (Å²) in [4.78, 5) is 14.5. The number of aromatic nitrogens is 2. The molecule has 0 amide bonds. The van der Waals surface area contributed by atoms with E-state index in [1.54, 1.807) is 6.33 Å². The molecule has 1 atom stereocenters. The van der Waals surface area contributed by atoms with Crippen LogP contribution in [0.4, 0.5) is 11.4 Å². The van der Waals surface area contributed by atoms with Crippen LogP contribution in [0.15, 0.2) is 35.1 Å². The van der Waals surface area contributed by atoms with Crippen LogP contribution in [0.3, 0.4) is 0 Å². The van der Waals surface area contributed by atoms with Crippen molar-refractivity contribution < 1.29 is 0 Å². The van der Waals surface area contributed by atoms with Crippen LogP contribution in [0.1, 0.15) is 26.2 Å². The standard InChI is InChI=1S/C17H22N6/c1-11-7-15(22-17(11)18)21-14-9-12(23-5-3-2-4-6-23)8-13-16(14)20-10-19-13/h7-10,17H,2-6,18H2,1H3,(H,19,20)(H,21,22). The van der Waals surface area contributed by atoms with Gasteiger partial charge in [-0.25, -0.2) is 9.98 Å². The lowest BCUT2D eigenvalue weighted by Gasteiger charge is -2.29. The third kappa shape index (κ3) is 2.70. The van der Waals surface area contributed by atoms with Gasteiger partial charge in [0.05, 0.1) is 17.5 Å². The quantitative estimate of drug-likeness (QED) is 0.796. The van der Waals surface area contributed by atoms with Crippen LogP contribution in [0.2, 0.25) is 0 Å². The lowest BCUT2D eigenvalue weighted by Crippen LogP contribution is -2.29. The average Bonchev–Trinajstić information content (AvgIpc) is 3.15. The minimum absolute atomic E-state index is 0.238. The minimum Gasteiger partial charge on any atom is -0.371 e. The number of aromatic amines is 1. The number of hydrogen-bond donors (Lipinski definition) is 3. The number of nitrogens with zero attached hydrogens (tertiary/aromatic N) is 3. The van der Waals surface area contributed by atoms with Gasteiger partial charge in [-0.2, -0.15) is 0 Å². The molecule has 0 spiro atoms. The molecule has 0 saturated carbocycles. The molecule has 0 radical (unpaired) electrons. The fourth-order valence-corrected chi connectivity index (χ4v) is 3.26. The molecular formula is C17H22N6. The molecule has 2 aliphatic rings. The summed E-state index contributed by atoms with van der Waals surface area (Å²) in [7, 11) is 0. The van der Waals surface area contributed by atoms with E-state index in [9.17, 15) is 0 Å². The number of rotatable bonds is 2. The highest BCUT2D eigenvalue weighted by atomic mass is 15.1. The minimum atomic E-state index is -0.238. The summed E-state index contributed by atoms with van der Waals surface area (Å²) in [6.07, 6.45) is 7.33. The zero-order chi connectivity index (χ0) is 15.8. The first-order valence-corrected chi connectivity index (χ1v) is 8.21. The number of anilines is 2. The van der Waals surface area contributed by atoms with Crippen molar-refractivity contribution in [1.82, 2.24) is 9.97 Å². The molecule has 1 fully saturated rings. The van der Waals surface area contributed by atoms with Crippen molar-refractivity contribution in [3.8, 4) is 0 Å². The van der Waals surface area contributed by atoms with Crippen molar-refractivity contribution in [3.05, 3.63) is 30.1 Å². The van der Waals surface area contributed by atoms with E-state index in [4.69, 9.17) is 5.73 Å². The van der Waals surface area contributed by atoms with Gasteiger partial charge in [0, 0.05) is 18.8 Å². The maximum Gasteiger partial charge on any atom is 0.127 e. The number of amidine groups is 1. The monoisotopic (exact) mass is 310 g/mol. The Morgan fingerprint density at radius 3 is 2.83 bits per heavy atom. The third-order valence-corrected chi connectivity index (χ3v) is 4.60. The van der Waals surface area contributed by atoms with Gasteiger partial charge in [-0.05, 0) is 50.0 Å². The van der Waals surface area contributed by atoms with Crippen LogP contribution in [0, 0.1) is 0 Å². The van der Waals surface area contributed by atoms with Crippen LogP contribution < -0.4 is 16.0 Å². The summed E-state index contributed by atoms with van der Waals surface area (Å²) >= 11 is 0. The van der Waals surface area contributed by atoms with Gasteiger partial charge in [0.15, 0.2) is 0 Å². The van der Waals surface area contributed by atoms with E-state index in [2.05, 4.69) is 37.3 Å². The number of piperidine rings is 1. The zero-order valence-electron chi connectivity index (χ0n) is 13.3. The summed E-state index contributed by atoms with van der Waals surface area (Å²) in [6, 6.07) is 4.35. The third-order valence-electron chi connectivity index (χ3n) is 4.60. The van der Waals surface area contributed by atoms with Gasteiger partial charge in [0.1, 0.15) is 17.5 Å². The van der Waals surface area contributed by atoms with Gasteiger partial charge in [0.2, 0.25) is 0 Å². The molecule has 2 aliphatic heterocycles. The van der Waals surface area contributed by atoms with E-state index in [1.165, 1.54) is 24.9 Å². The van der Waals surface area contributed by atoms with Crippen LogP contribution in [0.5, 0.6) is 0 Å². The van der Waals surface area contributed by atoms with Crippen LogP contribution >= 0.6 is 0 Å². The van der Waals surface area contributed by atoms with E-state index >= 15 is 0 Å². The van der Waals surface area contributed by atoms with Gasteiger partial charge in [0.25, 0.3) is 0 Å². The Balaban J connectivity index is 1.70. The summed E-state index contributed by atoms with van der Waals surface area (Å²) < 4.78 is 0. The van der Waals surface area contributed by atoms with Crippen LogP contribution in [-0.2, 0) is 0 Å². The molecule has 1 unspecified atom stereocenters. The molecule has 1 aromatic carbocycles. The molecule has 6 nitrogen and oxygen atoms in total. The Morgan fingerprint density at radius 2 is 2.09 bits per heavy atom. The normalized spacial score (nSPS) is 21.5. The van der Waals surface area contributed by atoms with E-state index in [-0.39, 0.29) is 6.17 Å². The molecule has 120 valence electrons. The first kappa shape index (κ1) is 14.3. The topological polar surface area (TPSA) is 82.3 Å². The number of aliphatic imine (C=N–C) groups is 1. The van der Waals surface area contributed by atoms with Crippen molar-refractivity contribution in [2.45, 2.75) is 32.4 Å². The Hall–Kier alpha value is -2.34. The molecule has 1 aromatic heterocycles. The number of benzene rings is 1. The molecular weight excluding hydrogens is 288 g/mol. The highest BCUT2D eigenvalue weighted by molar-refractivity contribution is 6.10. The number of nitrogens with one attached hydrogen (secondary N) is 2. The fourth-order valence-electron chi connectivity index (χ4n) is 3.26. The Bertz CT molecular complexity index is 781. The molecule has 3 heterocycles. The predicted octanol–water partition coefficient (Wildman–Crippen LogP) is 2.61. The molecule has 0 aliphatic carbocycles. The smallest absolute Gasteiger partial charge is 0.127 e. The van der Waals surface area contributed by atoms with Crippen molar-refractivity contribution in [3.63, 3.8) is 0 Å². The van der Waals surface area contributed by atoms with Gasteiger partial charge in [-0.1, -0.05) is 0 Å². The van der Waals surface area contributed by atoms with Crippen LogP contribution in [-0.4, -0.2) is 35.1 Å². The number of nitrogens with two attached hydrogens (primary N) is 1. The Kier molecular flexibility index (Phi) is 3.53. The number of H-pyrrole nitrogens is 1. The van der Waals surface area contributed by atoms with Crippen molar-refractivity contribution in [1.29, 1.82) is 0 Å². The SMILES string of the molecule is CC1=CC(Nc2cc(N3CCCCC3)cc3[nH]cnc23)=NC1N. The lowest BCUT2D eigenvalue weighted by molar-refractivity contribution is 0.578. The number of hydrogen-bond acceptors (Lipinski definition) is 5. The van der Waals surface area contributed by atoms with E-state index < -0.39 is 0 Å². The average molecular weight is 310 g/mol. The molecule has 2 aromatic rings. The highest BCUT2D eigenvalue weighted by Gasteiger charge is 2.17. The van der Waals surface area contributed by atoms with Crippen molar-refractivity contribution in [2.75, 3.05) is 23.3 Å². The summed E-state index contributed by atoms with van der Waals surface area (Å²) in [5.74, 6) is 0.801. The second-order valence-electron chi connectivity index (χ2n) is 6.31. The van der Waals surface area contributed by atoms with Gasteiger partial charge >= 0.3 is 0 Å². The second kappa shape index (κ2) is 5.70. The first-order chi connectivity index (χ1) is 11.2. The van der Waals surface area contributed by atoms with Crippen molar-refractivity contribution >= 4 is 28.2 Å². The van der Waals surface area contributed by atoms with Crippen LogP contribution in [0.25, 0.3) is 11.0 Å². The number of fused-ring (bicyclic) bond motifs is 1. The first-order valence-electron chi connectivity index (χ1n) is 8.21. The maximum atomic E-state index is 5.94. The molecule has 4 rings (SSSR count). The summed E-state index contributed by atoms with van der Waals surface area (Å²) in [6.45, 7) is 4.23. The van der Waals surface area contributed by atoms with E-state index in [0.717, 1.165) is 41.2 Å². The van der Waals surface area contributed by atoms with E-state index in [0.29, 0.717) is 0 Å². The van der Waals surface area contributed by atoms with Crippen molar-refractivity contribution in [2.24, 2.45) is 10.7 Å². The number of imidazole rings is 1. The Morgan fingerprint density at radius 1 is 1.26 bits per heavy atom. The molecule has 0 bridgehead atoms. The zero-order valence-corrected chi connectivity index (χ0v) is 13.3. The second-order valence-corrected chi connectivity index (χ2v) is 6.31. The van der Waals surface area contributed by atoms with Gasteiger partial charge in [-0.15, -0.1) is 0 Å². The molecule has 6 heteroatoms. The predicted molar refractivity (Wildman–Crippen MR) is 94.9 cm³/mol. The lowest BCUT2D eigenvalue weighted by atomic mass is 10.1. The molecule has 23 heavy (non-hydrogen) atoms. The molecule has 4 N–H and O–H groups in total. The summed E-state index contributed by atoms with van der Waals surface area (Å²) in [5, 5.41) is 3.39. The highest BCUT2D eigenvalue weighted by Crippen LogP contribution is 2.30. The largest absolute Gasteiger partial charge is 0.371 e. The van der Waals surface area contributed by atoms with Gasteiger partial charge in [-0.3, -0.25) is 0 Å². The maximum absolute atomic E-state index is 5.94. The Labute approximate surface area is 135 Å². The van der Waals surface area contributed by atoms with E-state index in [1.807, 2.05) is 13.0 Å². The van der Waals surface area contributed by atoms with Gasteiger partial charge < -0.3 is 20.9 Å². The molecule has 1 saturated heterocycles. The fraction of sp³-hybridized carbons (Fsp3) is 0.412. The summed E-state index contributed by atoms with van der Waals surface area (Å²) in [5.41, 5.74) is 11.2.